The predicted octanol–water partition coefficient (Wildman–Crippen LogP) is 1.52. The summed E-state index contributed by atoms with van der Waals surface area (Å²) in [6.07, 6.45) is 0. The number of hydrogen-bond donors (Lipinski definition) is 5. The van der Waals surface area contributed by atoms with Gasteiger partial charge in [-0.2, -0.15) is 0 Å². The Kier molecular flexibility index (Phi) is 4.59. The summed E-state index contributed by atoms with van der Waals surface area (Å²) in [5.41, 5.74) is 17.5. The molecule has 19 heavy (non-hydrogen) atoms. The van der Waals surface area contributed by atoms with Crippen LogP contribution >= 0.6 is 0 Å². The molecule has 0 saturated carbocycles. The summed E-state index contributed by atoms with van der Waals surface area (Å²) >= 11 is 0. The van der Waals surface area contributed by atoms with Gasteiger partial charge in [-0.3, -0.25) is 0 Å². The molecular weight excluding hydrogens is 246 g/mol. The van der Waals surface area contributed by atoms with Gasteiger partial charge in [-0.15, -0.1) is 0 Å². The second-order valence-corrected chi connectivity index (χ2v) is 3.71. The van der Waals surface area contributed by atoms with Crippen LogP contribution in [0.3, 0.4) is 0 Å². The Bertz CT molecular complexity index is 564. The normalized spacial score (nSPS) is 9.26. The molecule has 2 rings (SSSR count). The third-order valence-corrected chi connectivity index (χ3v) is 2.25. The Morgan fingerprint density at radius 1 is 0.947 bits per heavy atom. The number of nitrogens with two attached hydrogens (primary N) is 3. The van der Waals surface area contributed by atoms with E-state index in [1.165, 1.54) is 18.2 Å². The standard InChI is InChI=1S/C7H7NO3.C6H8N2/c8-4-1-2-6(9)5(3-4)7(10)11;7-5-3-1-2-4-6(5)8/h1-3,9H,8H2,(H,10,11);1-4H,7-8H2. The molecule has 0 amide bonds. The number of carbonyl (C=O) groups is 1. The molecule has 0 radical (unpaired) electrons. The summed E-state index contributed by atoms with van der Waals surface area (Å²) in [6.45, 7) is 0. The topological polar surface area (TPSA) is 136 Å². The maximum atomic E-state index is 10.4. The van der Waals surface area contributed by atoms with Gasteiger partial charge in [0.25, 0.3) is 0 Å². The Labute approximate surface area is 110 Å². The lowest BCUT2D eigenvalue weighted by atomic mass is 10.2. The monoisotopic (exact) mass is 261 g/mol. The Balaban J connectivity index is 0.000000200. The van der Waals surface area contributed by atoms with Crippen LogP contribution in [0.1, 0.15) is 10.4 Å². The fourth-order valence-electron chi connectivity index (χ4n) is 1.24. The van der Waals surface area contributed by atoms with E-state index < -0.39 is 5.97 Å². The molecule has 0 aliphatic rings. The molecule has 0 fully saturated rings. The smallest absolute Gasteiger partial charge is 0.339 e. The highest BCUT2D eigenvalue weighted by molar-refractivity contribution is 5.91. The molecule has 0 bridgehead atoms. The van der Waals surface area contributed by atoms with E-state index >= 15 is 0 Å². The number of phenols is 1. The van der Waals surface area contributed by atoms with Crippen LogP contribution in [-0.2, 0) is 0 Å². The Morgan fingerprint density at radius 3 is 1.84 bits per heavy atom. The highest BCUT2D eigenvalue weighted by Crippen LogP contribution is 2.19. The van der Waals surface area contributed by atoms with Gasteiger partial charge < -0.3 is 27.4 Å². The number of para-hydroxylation sites is 2. The molecule has 0 atom stereocenters. The van der Waals surface area contributed by atoms with Gasteiger partial charge in [0, 0.05) is 5.69 Å². The van der Waals surface area contributed by atoms with Crippen LogP contribution in [-0.4, -0.2) is 16.2 Å². The lowest BCUT2D eigenvalue weighted by Gasteiger charge is -1.98. The zero-order chi connectivity index (χ0) is 14.4. The van der Waals surface area contributed by atoms with Crippen LogP contribution < -0.4 is 17.2 Å². The van der Waals surface area contributed by atoms with Crippen LogP contribution in [0.15, 0.2) is 42.5 Å². The van der Waals surface area contributed by atoms with E-state index in [-0.39, 0.29) is 11.3 Å². The number of aromatic hydroxyl groups is 1. The van der Waals surface area contributed by atoms with Crippen molar-refractivity contribution >= 4 is 23.0 Å². The largest absolute Gasteiger partial charge is 0.507 e. The first-order chi connectivity index (χ1) is 8.91. The third kappa shape index (κ3) is 4.12. The van der Waals surface area contributed by atoms with E-state index in [2.05, 4.69) is 0 Å². The predicted molar refractivity (Wildman–Crippen MR) is 74.7 cm³/mol. The summed E-state index contributed by atoms with van der Waals surface area (Å²) < 4.78 is 0. The van der Waals surface area contributed by atoms with Crippen molar-refractivity contribution in [1.82, 2.24) is 0 Å². The molecular formula is C13H15N3O3. The van der Waals surface area contributed by atoms with E-state index in [1.54, 1.807) is 12.1 Å². The summed E-state index contributed by atoms with van der Waals surface area (Å²) in [6, 6.07) is 11.1. The fourth-order valence-corrected chi connectivity index (χ4v) is 1.24. The molecule has 6 nitrogen and oxygen atoms in total. The number of carboxylic acids is 1. The number of nitrogen functional groups attached to an aromatic ring is 3. The van der Waals surface area contributed by atoms with Crippen LogP contribution in [0.25, 0.3) is 0 Å². The minimum Gasteiger partial charge on any atom is -0.507 e. The van der Waals surface area contributed by atoms with Gasteiger partial charge in [-0.05, 0) is 30.3 Å². The average molecular weight is 261 g/mol. The summed E-state index contributed by atoms with van der Waals surface area (Å²) in [5.74, 6) is -1.46. The lowest BCUT2D eigenvalue weighted by molar-refractivity contribution is 0.0694. The first kappa shape index (κ1) is 14.2. The molecule has 2 aromatic carbocycles. The van der Waals surface area contributed by atoms with Crippen molar-refractivity contribution < 1.29 is 15.0 Å². The molecule has 6 heteroatoms. The van der Waals surface area contributed by atoms with Gasteiger partial charge >= 0.3 is 5.97 Å². The zero-order valence-corrected chi connectivity index (χ0v) is 10.1. The van der Waals surface area contributed by atoms with Crippen LogP contribution in [0.2, 0.25) is 0 Å². The Hall–Kier alpha value is -2.89. The number of anilines is 3. The van der Waals surface area contributed by atoms with Crippen molar-refractivity contribution in [3.63, 3.8) is 0 Å². The van der Waals surface area contributed by atoms with Crippen molar-refractivity contribution in [3.05, 3.63) is 48.0 Å². The fraction of sp³-hybridized carbons (Fsp3) is 0. The second kappa shape index (κ2) is 6.15. The molecule has 2 aromatic rings. The molecule has 8 N–H and O–H groups in total. The molecule has 0 saturated heterocycles. The number of rotatable bonds is 1. The maximum absolute atomic E-state index is 10.4. The van der Waals surface area contributed by atoms with Crippen molar-refractivity contribution in [3.8, 4) is 5.75 Å². The molecule has 0 aromatic heterocycles. The number of aromatic carboxylic acids is 1. The molecule has 0 aliphatic carbocycles. The van der Waals surface area contributed by atoms with E-state index in [0.717, 1.165) is 0 Å². The van der Waals surface area contributed by atoms with Gasteiger partial charge in [0.2, 0.25) is 0 Å². The van der Waals surface area contributed by atoms with Crippen molar-refractivity contribution in [2.75, 3.05) is 17.2 Å². The first-order valence-corrected chi connectivity index (χ1v) is 5.33. The maximum Gasteiger partial charge on any atom is 0.339 e. The molecule has 0 unspecified atom stereocenters. The number of benzene rings is 2. The summed E-state index contributed by atoms with van der Waals surface area (Å²) in [4.78, 5) is 10.4. The zero-order valence-electron chi connectivity index (χ0n) is 10.1. The van der Waals surface area contributed by atoms with Crippen LogP contribution in [0, 0.1) is 0 Å². The number of carboxylic acid groups (broad SMARTS) is 1. The summed E-state index contributed by atoms with van der Waals surface area (Å²) in [7, 11) is 0. The average Bonchev–Trinajstić information content (AvgIpc) is 2.36. The van der Waals surface area contributed by atoms with Crippen molar-refractivity contribution in [1.29, 1.82) is 0 Å². The van der Waals surface area contributed by atoms with E-state index in [9.17, 15) is 4.79 Å². The minimum atomic E-state index is -1.19. The van der Waals surface area contributed by atoms with Crippen LogP contribution in [0.4, 0.5) is 17.1 Å². The lowest BCUT2D eigenvalue weighted by Crippen LogP contribution is -1.97. The Morgan fingerprint density at radius 2 is 1.47 bits per heavy atom. The quantitative estimate of drug-likeness (QED) is 0.390. The molecule has 0 aliphatic heterocycles. The SMILES string of the molecule is Nc1ccc(O)c(C(=O)O)c1.Nc1ccccc1N. The first-order valence-electron chi connectivity index (χ1n) is 5.33. The molecule has 0 spiro atoms. The van der Waals surface area contributed by atoms with Crippen LogP contribution in [0.5, 0.6) is 5.75 Å². The van der Waals surface area contributed by atoms with E-state index in [0.29, 0.717) is 17.1 Å². The van der Waals surface area contributed by atoms with Gasteiger partial charge in [0.15, 0.2) is 0 Å². The van der Waals surface area contributed by atoms with Crippen molar-refractivity contribution in [2.45, 2.75) is 0 Å². The number of hydrogen-bond acceptors (Lipinski definition) is 5. The highest BCUT2D eigenvalue weighted by Gasteiger charge is 2.08. The molecule has 0 heterocycles. The van der Waals surface area contributed by atoms with Crippen molar-refractivity contribution in [2.24, 2.45) is 0 Å². The van der Waals surface area contributed by atoms with Gasteiger partial charge in [-0.1, -0.05) is 12.1 Å². The van der Waals surface area contributed by atoms with Gasteiger partial charge in [-0.25, -0.2) is 4.79 Å². The molecule has 100 valence electrons. The second-order valence-electron chi connectivity index (χ2n) is 3.71. The van der Waals surface area contributed by atoms with E-state index in [1.807, 2.05) is 12.1 Å². The third-order valence-electron chi connectivity index (χ3n) is 2.25. The van der Waals surface area contributed by atoms with Gasteiger partial charge in [0.05, 0.1) is 11.4 Å². The van der Waals surface area contributed by atoms with Gasteiger partial charge in [0.1, 0.15) is 11.3 Å². The van der Waals surface area contributed by atoms with E-state index in [4.69, 9.17) is 27.4 Å². The minimum absolute atomic E-state index is 0.176. The summed E-state index contributed by atoms with van der Waals surface area (Å²) in [5, 5.41) is 17.4. The highest BCUT2D eigenvalue weighted by atomic mass is 16.4.